The largest absolute Gasteiger partial charge is 0.397 e. The number of rotatable bonds is 13. The molecule has 1 spiro atoms. The lowest BCUT2D eigenvalue weighted by Crippen LogP contribution is -2.67. The molecule has 12 amide bonds. The number of alkyl halides is 8. The molecule has 10 atom stereocenters. The van der Waals surface area contributed by atoms with Gasteiger partial charge in [-0.2, -0.15) is 26.3 Å². The highest BCUT2D eigenvalue weighted by Crippen LogP contribution is 2.45. The van der Waals surface area contributed by atoms with Gasteiger partial charge in [0.05, 0.1) is 32.0 Å². The number of carbonyl (C=O) groups excluding carboxylic acids is 12. The SMILES string of the molecule is CCCCN1CC(=O)NC2(CCC2)C(=O)N(C)[C@@H](C2CCCC2)C(=O)N(C)[C@H](C(=O)N(C)C)CC(=O)N(C)[C@@H](CC)C(=O)N[C@@H]([C@@H](C)CC)C(=O)N(C)CC(=O)N(C)[C@H]2C/C=C\CCN(C2=O)[C@@H](CC2CCC(C(F)(F)F)CC2)C(=O)N(C)CC(=O)N[C@@H](CCC2CC(F)C(C(F)(F)F)C(F)C2)C1=O. The van der Waals surface area contributed by atoms with E-state index in [4.69, 9.17) is 0 Å². The van der Waals surface area contributed by atoms with Gasteiger partial charge >= 0.3 is 12.4 Å². The van der Waals surface area contributed by atoms with Crippen molar-refractivity contribution in [1.29, 1.82) is 0 Å². The summed E-state index contributed by atoms with van der Waals surface area (Å²) in [5, 5.41) is 8.25. The van der Waals surface area contributed by atoms with Gasteiger partial charge in [-0.3, -0.25) is 57.5 Å². The third-order valence-electron chi connectivity index (χ3n) is 22.8. The second-order valence-corrected chi connectivity index (χ2v) is 30.3. The lowest BCUT2D eigenvalue weighted by molar-refractivity contribution is -0.219. The lowest BCUT2D eigenvalue weighted by Gasteiger charge is -2.46. The number of fused-ring (bicyclic) bond motifs is 2. The van der Waals surface area contributed by atoms with Gasteiger partial charge in [0.25, 0.3) is 0 Å². The molecular formula is C72H112F8N12O12. The van der Waals surface area contributed by atoms with Gasteiger partial charge in [-0.25, -0.2) is 8.78 Å². The van der Waals surface area contributed by atoms with Crippen molar-refractivity contribution in [1.82, 2.24) is 60.0 Å². The van der Waals surface area contributed by atoms with Gasteiger partial charge in [-0.15, -0.1) is 0 Å². The van der Waals surface area contributed by atoms with E-state index in [1.54, 1.807) is 39.8 Å². The quantitative estimate of drug-likeness (QED) is 0.135. The summed E-state index contributed by atoms with van der Waals surface area (Å²) < 4.78 is 115. The topological polar surface area (TPSA) is 270 Å². The van der Waals surface area contributed by atoms with Crippen LogP contribution < -0.4 is 16.0 Å². The minimum absolute atomic E-state index is 0.00222. The Balaban J connectivity index is 1.45. The average Bonchev–Trinajstić information content (AvgIpc) is 0.878. The zero-order valence-electron chi connectivity index (χ0n) is 62.6. The van der Waals surface area contributed by atoms with Crippen molar-refractivity contribution in [2.24, 2.45) is 35.5 Å². The minimum atomic E-state index is -5.20. The van der Waals surface area contributed by atoms with E-state index < -0.39 is 224 Å². The summed E-state index contributed by atoms with van der Waals surface area (Å²) in [6.07, 6.45) is -11.2. The Hall–Kier alpha value is -7.18. The van der Waals surface area contributed by atoms with Crippen LogP contribution in [0, 0.1) is 35.5 Å². The molecule has 4 saturated carbocycles. The Morgan fingerprint density at radius 3 is 1.81 bits per heavy atom. The van der Waals surface area contributed by atoms with E-state index in [-0.39, 0.29) is 90.1 Å². The second kappa shape index (κ2) is 37.4. The van der Waals surface area contributed by atoms with Crippen molar-refractivity contribution in [2.45, 2.75) is 248 Å². The number of halogens is 8. The van der Waals surface area contributed by atoms with Crippen molar-refractivity contribution >= 4 is 70.9 Å². The number of hydrogen-bond acceptors (Lipinski definition) is 12. The zero-order chi connectivity index (χ0) is 77.6. The molecule has 6 rings (SSSR count). The maximum Gasteiger partial charge on any atom is 0.397 e. The van der Waals surface area contributed by atoms with Crippen LogP contribution in [0.4, 0.5) is 35.1 Å². The van der Waals surface area contributed by atoms with Crippen molar-refractivity contribution in [2.75, 3.05) is 89.1 Å². The molecule has 0 aromatic carbocycles. The van der Waals surface area contributed by atoms with Crippen LogP contribution in [0.5, 0.6) is 0 Å². The highest BCUT2D eigenvalue weighted by atomic mass is 19.4. The maximum atomic E-state index is 15.4. The van der Waals surface area contributed by atoms with E-state index in [2.05, 4.69) is 16.0 Å². The van der Waals surface area contributed by atoms with E-state index in [0.717, 1.165) is 29.4 Å². The summed E-state index contributed by atoms with van der Waals surface area (Å²) in [5.41, 5.74) is -1.65. The molecule has 2 aliphatic heterocycles. The first-order valence-corrected chi connectivity index (χ1v) is 37.1. The van der Waals surface area contributed by atoms with Crippen LogP contribution in [0.15, 0.2) is 12.2 Å². The summed E-state index contributed by atoms with van der Waals surface area (Å²) in [4.78, 5) is 189. The number of hydrogen-bond donors (Lipinski definition) is 3. The van der Waals surface area contributed by atoms with Gasteiger partial charge in [-0.05, 0) is 139 Å². The van der Waals surface area contributed by atoms with E-state index in [9.17, 15) is 59.9 Å². The Morgan fingerprint density at radius 1 is 0.644 bits per heavy atom. The molecule has 2 heterocycles. The van der Waals surface area contributed by atoms with Crippen LogP contribution in [0.25, 0.3) is 0 Å². The predicted octanol–water partition coefficient (Wildman–Crippen LogP) is 6.34. The van der Waals surface area contributed by atoms with Crippen molar-refractivity contribution in [3.8, 4) is 0 Å². The Labute approximate surface area is 606 Å². The van der Waals surface area contributed by atoms with Gasteiger partial charge in [0.1, 0.15) is 66.1 Å². The smallest absolute Gasteiger partial charge is 0.347 e. The van der Waals surface area contributed by atoms with E-state index in [1.807, 2.05) is 0 Å². The highest BCUT2D eigenvalue weighted by molar-refractivity contribution is 6.00. The normalized spacial score (nSPS) is 30.7. The third-order valence-corrected chi connectivity index (χ3v) is 22.8. The summed E-state index contributed by atoms with van der Waals surface area (Å²) in [6.45, 7) is 4.32. The van der Waals surface area contributed by atoms with E-state index in [0.29, 0.717) is 44.9 Å². The molecule has 6 aliphatic rings. The molecule has 2 unspecified atom stereocenters. The molecule has 588 valence electrons. The molecule has 0 aromatic heterocycles. The van der Waals surface area contributed by atoms with Crippen LogP contribution in [0.2, 0.25) is 0 Å². The molecule has 3 N–H and O–H groups in total. The first kappa shape index (κ1) is 85.7. The number of likely N-dealkylation sites (N-methyl/N-ethyl adjacent to an activating group) is 7. The molecule has 4 aliphatic carbocycles. The number of amides is 12. The summed E-state index contributed by atoms with van der Waals surface area (Å²) >= 11 is 0. The summed E-state index contributed by atoms with van der Waals surface area (Å²) in [7, 11) is 10.8. The van der Waals surface area contributed by atoms with Crippen molar-refractivity contribution < 1.29 is 92.7 Å². The fourth-order valence-corrected chi connectivity index (χ4v) is 15.9. The molecule has 0 aromatic rings. The second-order valence-electron chi connectivity index (χ2n) is 30.3. The van der Waals surface area contributed by atoms with Crippen LogP contribution >= 0.6 is 0 Å². The molecule has 32 heteroatoms. The highest BCUT2D eigenvalue weighted by Gasteiger charge is 2.55. The zero-order valence-corrected chi connectivity index (χ0v) is 62.6. The number of nitrogens with zero attached hydrogens (tertiary/aromatic N) is 9. The van der Waals surface area contributed by atoms with Gasteiger partial charge < -0.3 is 60.0 Å². The number of unbranched alkanes of at least 4 members (excludes halogenated alkanes) is 1. The first-order valence-electron chi connectivity index (χ1n) is 37.1. The predicted molar refractivity (Wildman–Crippen MR) is 368 cm³/mol. The van der Waals surface area contributed by atoms with E-state index in [1.165, 1.54) is 71.1 Å². The monoisotopic (exact) mass is 1490 g/mol. The van der Waals surface area contributed by atoms with Crippen LogP contribution in [0.3, 0.4) is 0 Å². The number of nitrogens with one attached hydrogen (secondary N) is 3. The summed E-state index contributed by atoms with van der Waals surface area (Å²) in [6, 6.07) is -9.79. The van der Waals surface area contributed by atoms with Crippen LogP contribution in [-0.4, -0.2) is 277 Å². The lowest BCUT2D eigenvalue weighted by atomic mass is 9.75. The Morgan fingerprint density at radius 2 is 1.26 bits per heavy atom. The average molecular weight is 1490 g/mol. The summed E-state index contributed by atoms with van der Waals surface area (Å²) in [5.74, 6) is -16.6. The third kappa shape index (κ3) is 21.3. The molecule has 104 heavy (non-hydrogen) atoms. The Bertz CT molecular complexity index is 3060. The van der Waals surface area contributed by atoms with Gasteiger partial charge in [-0.1, -0.05) is 65.5 Å². The molecule has 5 fully saturated rings. The van der Waals surface area contributed by atoms with Crippen LogP contribution in [-0.2, 0) is 57.5 Å². The fraction of sp³-hybridized carbons (Fsp3) is 0.806. The van der Waals surface area contributed by atoms with Crippen molar-refractivity contribution in [3.05, 3.63) is 12.2 Å². The molecule has 2 bridgehead atoms. The molecular weight excluding hydrogens is 1380 g/mol. The fourth-order valence-electron chi connectivity index (χ4n) is 15.9. The molecule has 24 nitrogen and oxygen atoms in total. The van der Waals surface area contributed by atoms with Crippen LogP contribution in [0.1, 0.15) is 175 Å². The van der Waals surface area contributed by atoms with Gasteiger partial charge in [0.2, 0.25) is 70.9 Å². The molecule has 0 radical (unpaired) electrons. The molecule has 1 saturated heterocycles. The van der Waals surface area contributed by atoms with Gasteiger partial charge in [0.15, 0.2) is 0 Å². The van der Waals surface area contributed by atoms with Crippen molar-refractivity contribution in [3.63, 3.8) is 0 Å². The minimum Gasteiger partial charge on any atom is -0.347 e. The number of carbonyl (C=O) groups is 12. The van der Waals surface area contributed by atoms with Gasteiger partial charge in [0, 0.05) is 69.5 Å². The Kier molecular flexibility index (Phi) is 30.8. The first-order chi connectivity index (χ1) is 48.7. The maximum absolute atomic E-state index is 15.4. The van der Waals surface area contributed by atoms with E-state index >= 15 is 32.8 Å². The standard InChI is InChI=1S/C72H112F8N12O12/c1-13-16-34-91-41-56(94)83-70(32-22-33-70)69(104)90(12)61(46-23-19-20-24-46)68(103)89(11)53(64(99)84(5)6)39-57(95)87(9)51(15-3)62(97)82-60(43(4)14-2)67(102)86(8)42-58(96)88(10)52-25-18-17-21-35-92(66(52)101)54(38-44-26-29-47(30-27-44)71(75,76)77)65(100)85(7)40-55(93)81-50(63(91)98)31-28-45-36-48(73)59(49(74)37-45)72(78,79)80/h17-18,43-54,59-61H,13-16,19-42H2,1-12H3,(H,81,93)(H,82,97)(H,83,94)/b18-17-/t43-,44?,45?,47?,48?,49?,50-,51-,52-,53-,54-,59?,60-,61-/m0/s1.